The van der Waals surface area contributed by atoms with Crippen molar-refractivity contribution >= 4 is 23.5 Å². The number of benzene rings is 3. The van der Waals surface area contributed by atoms with E-state index in [0.717, 1.165) is 16.8 Å². The highest BCUT2D eigenvalue weighted by Gasteiger charge is 2.09. The van der Waals surface area contributed by atoms with Crippen molar-refractivity contribution in [2.75, 3.05) is 12.4 Å². The molecule has 0 spiro atoms. The molecule has 0 saturated carbocycles. The molecule has 4 rings (SSSR count). The zero-order valence-electron chi connectivity index (χ0n) is 17.5. The molecule has 0 unspecified atom stereocenters. The summed E-state index contributed by atoms with van der Waals surface area (Å²) in [6, 6.07) is 21.0. The highest BCUT2D eigenvalue weighted by molar-refractivity contribution is 5.81. The zero-order valence-corrected chi connectivity index (χ0v) is 17.5. The molecule has 166 valence electrons. The number of para-hydroxylation sites is 1. The maximum Gasteiger partial charge on any atom is 0.269 e. The first kappa shape index (κ1) is 21.4. The number of ether oxygens (including phenoxy) is 2. The van der Waals surface area contributed by atoms with E-state index in [1.165, 1.54) is 16.9 Å². The molecule has 0 aliphatic heterocycles. The minimum Gasteiger partial charge on any atom is -0.493 e. The molecule has 0 aliphatic carbocycles. The summed E-state index contributed by atoms with van der Waals surface area (Å²) in [5, 5.41) is 29.7. The standard InChI is InChI=1S/C22H19N7O4/c1-32-20-12-9-17(13-21(20)33-15-16-7-10-19(11-8-16)29(30)31)14-23-28-22(25-26-27-28)24-18-5-3-2-4-6-18/h2-14H,15H2,1H3,(H,24,25,27). The summed E-state index contributed by atoms with van der Waals surface area (Å²) in [5.74, 6) is 1.41. The van der Waals surface area contributed by atoms with Gasteiger partial charge in [0.2, 0.25) is 0 Å². The molecule has 0 radical (unpaired) electrons. The van der Waals surface area contributed by atoms with Gasteiger partial charge in [0, 0.05) is 17.8 Å². The van der Waals surface area contributed by atoms with E-state index in [1.807, 2.05) is 36.4 Å². The van der Waals surface area contributed by atoms with Crippen LogP contribution in [0.4, 0.5) is 17.3 Å². The molecule has 11 nitrogen and oxygen atoms in total. The lowest BCUT2D eigenvalue weighted by Crippen LogP contribution is -2.02. The van der Waals surface area contributed by atoms with Gasteiger partial charge in [0.1, 0.15) is 6.61 Å². The Morgan fingerprint density at radius 1 is 1.09 bits per heavy atom. The summed E-state index contributed by atoms with van der Waals surface area (Å²) in [6.07, 6.45) is 1.59. The van der Waals surface area contributed by atoms with Crippen LogP contribution in [0, 0.1) is 10.1 Å². The fraction of sp³-hybridized carbons (Fsp3) is 0.0909. The summed E-state index contributed by atoms with van der Waals surface area (Å²) in [5.41, 5.74) is 2.37. The second-order valence-electron chi connectivity index (χ2n) is 6.75. The van der Waals surface area contributed by atoms with Gasteiger partial charge in [-0.3, -0.25) is 10.1 Å². The van der Waals surface area contributed by atoms with E-state index >= 15 is 0 Å². The summed E-state index contributed by atoms with van der Waals surface area (Å²) in [4.78, 5) is 11.6. The maximum absolute atomic E-state index is 10.8. The van der Waals surface area contributed by atoms with Crippen LogP contribution in [0.15, 0.2) is 77.9 Å². The maximum atomic E-state index is 10.8. The van der Waals surface area contributed by atoms with Gasteiger partial charge in [0.25, 0.3) is 11.6 Å². The summed E-state index contributed by atoms with van der Waals surface area (Å²) >= 11 is 0. The minimum absolute atomic E-state index is 0.0262. The molecular weight excluding hydrogens is 426 g/mol. The van der Waals surface area contributed by atoms with Gasteiger partial charge in [-0.05, 0) is 64.0 Å². The Kier molecular flexibility index (Phi) is 6.50. The number of hydrogen-bond acceptors (Lipinski definition) is 9. The normalized spacial score (nSPS) is 10.8. The first-order chi connectivity index (χ1) is 16.1. The number of nitrogens with zero attached hydrogens (tertiary/aromatic N) is 6. The molecule has 3 aromatic carbocycles. The lowest BCUT2D eigenvalue weighted by atomic mass is 10.2. The van der Waals surface area contributed by atoms with Crippen molar-refractivity contribution in [2.24, 2.45) is 5.10 Å². The van der Waals surface area contributed by atoms with E-state index in [1.54, 1.807) is 37.6 Å². The number of aromatic nitrogens is 4. The molecule has 0 saturated heterocycles. The molecular formula is C22H19N7O4. The quantitative estimate of drug-likeness (QED) is 0.234. The van der Waals surface area contributed by atoms with Crippen molar-refractivity contribution in [2.45, 2.75) is 6.61 Å². The lowest BCUT2D eigenvalue weighted by molar-refractivity contribution is -0.384. The van der Waals surface area contributed by atoms with Gasteiger partial charge in [0.05, 0.1) is 18.2 Å². The minimum atomic E-state index is -0.443. The van der Waals surface area contributed by atoms with Gasteiger partial charge in [-0.25, -0.2) is 0 Å². The second-order valence-corrected chi connectivity index (χ2v) is 6.75. The molecule has 0 amide bonds. The van der Waals surface area contributed by atoms with Crippen LogP contribution in [-0.2, 0) is 6.61 Å². The Labute approximate surface area is 188 Å². The fourth-order valence-electron chi connectivity index (χ4n) is 2.87. The van der Waals surface area contributed by atoms with Crippen molar-refractivity contribution in [1.29, 1.82) is 0 Å². The summed E-state index contributed by atoms with van der Waals surface area (Å²) in [7, 11) is 1.55. The van der Waals surface area contributed by atoms with Crippen molar-refractivity contribution < 1.29 is 14.4 Å². The van der Waals surface area contributed by atoms with Crippen molar-refractivity contribution in [3.05, 3.63) is 94.0 Å². The average Bonchev–Trinajstić information content (AvgIpc) is 3.29. The van der Waals surface area contributed by atoms with Gasteiger partial charge in [-0.2, -0.15) is 5.10 Å². The molecule has 11 heteroatoms. The van der Waals surface area contributed by atoms with Crippen LogP contribution in [0.3, 0.4) is 0 Å². The average molecular weight is 445 g/mol. The van der Waals surface area contributed by atoms with Gasteiger partial charge in [-0.15, -0.1) is 0 Å². The molecule has 0 atom stereocenters. The van der Waals surface area contributed by atoms with Gasteiger partial charge >= 0.3 is 0 Å². The number of methoxy groups -OCH3 is 1. The topological polar surface area (TPSA) is 130 Å². The monoisotopic (exact) mass is 445 g/mol. The second kappa shape index (κ2) is 10.0. The zero-order chi connectivity index (χ0) is 23.0. The molecule has 4 aromatic rings. The Balaban J connectivity index is 1.47. The molecule has 33 heavy (non-hydrogen) atoms. The molecule has 0 fully saturated rings. The largest absolute Gasteiger partial charge is 0.493 e. The highest BCUT2D eigenvalue weighted by atomic mass is 16.6. The lowest BCUT2D eigenvalue weighted by Gasteiger charge is -2.11. The number of hydrogen-bond donors (Lipinski definition) is 1. The van der Waals surface area contributed by atoms with Crippen LogP contribution >= 0.6 is 0 Å². The molecule has 0 aliphatic rings. The van der Waals surface area contributed by atoms with E-state index < -0.39 is 4.92 Å². The number of non-ortho nitro benzene ring substituents is 1. The highest BCUT2D eigenvalue weighted by Crippen LogP contribution is 2.28. The van der Waals surface area contributed by atoms with E-state index in [4.69, 9.17) is 9.47 Å². The third kappa shape index (κ3) is 5.47. The Hall–Kier alpha value is -4.80. The molecule has 0 bridgehead atoms. The first-order valence-electron chi connectivity index (χ1n) is 9.81. The Morgan fingerprint density at radius 2 is 1.88 bits per heavy atom. The fourth-order valence-corrected chi connectivity index (χ4v) is 2.87. The van der Waals surface area contributed by atoms with Gasteiger partial charge in [-0.1, -0.05) is 28.1 Å². The number of tetrazole rings is 1. The number of anilines is 2. The number of nitro groups is 1. The van der Waals surface area contributed by atoms with Crippen molar-refractivity contribution in [3.8, 4) is 11.5 Å². The smallest absolute Gasteiger partial charge is 0.269 e. The Morgan fingerprint density at radius 3 is 2.61 bits per heavy atom. The molecule has 1 heterocycles. The van der Waals surface area contributed by atoms with Crippen LogP contribution in [0.25, 0.3) is 0 Å². The SMILES string of the molecule is COc1ccc(C=Nn2nnnc2Nc2ccccc2)cc1OCc1ccc([N+](=O)[O-])cc1. The van der Waals surface area contributed by atoms with Crippen molar-refractivity contribution in [1.82, 2.24) is 20.3 Å². The molecule has 1 aromatic heterocycles. The van der Waals surface area contributed by atoms with Crippen molar-refractivity contribution in [3.63, 3.8) is 0 Å². The van der Waals surface area contributed by atoms with E-state index in [-0.39, 0.29) is 12.3 Å². The number of nitro benzene ring substituents is 1. The third-order valence-corrected chi connectivity index (χ3v) is 4.53. The summed E-state index contributed by atoms with van der Waals surface area (Å²) in [6.45, 7) is 0.215. The van der Waals surface area contributed by atoms with Crippen LogP contribution in [0.1, 0.15) is 11.1 Å². The van der Waals surface area contributed by atoms with Crippen LogP contribution < -0.4 is 14.8 Å². The van der Waals surface area contributed by atoms with Crippen LogP contribution in [-0.4, -0.2) is 38.6 Å². The van der Waals surface area contributed by atoms with Crippen LogP contribution in [0.2, 0.25) is 0 Å². The van der Waals surface area contributed by atoms with E-state index in [9.17, 15) is 10.1 Å². The van der Waals surface area contributed by atoms with Crippen LogP contribution in [0.5, 0.6) is 11.5 Å². The summed E-state index contributed by atoms with van der Waals surface area (Å²) < 4.78 is 11.2. The van der Waals surface area contributed by atoms with Gasteiger partial charge < -0.3 is 14.8 Å². The van der Waals surface area contributed by atoms with Gasteiger partial charge in [0.15, 0.2) is 11.5 Å². The number of nitrogens with one attached hydrogen (secondary N) is 1. The number of rotatable bonds is 9. The van der Waals surface area contributed by atoms with E-state index in [0.29, 0.717) is 17.4 Å². The third-order valence-electron chi connectivity index (χ3n) is 4.53. The van der Waals surface area contributed by atoms with E-state index in [2.05, 4.69) is 25.9 Å². The first-order valence-corrected chi connectivity index (χ1v) is 9.81. The Bertz CT molecular complexity index is 1260. The predicted octanol–water partition coefficient (Wildman–Crippen LogP) is 3.79. The predicted molar refractivity (Wildman–Crippen MR) is 121 cm³/mol. The molecule has 1 N–H and O–H groups in total.